The van der Waals surface area contributed by atoms with Gasteiger partial charge in [-0.2, -0.15) is 5.10 Å². The number of halogens is 1. The van der Waals surface area contributed by atoms with E-state index in [0.717, 1.165) is 31.7 Å². The molecular formula is C20H23ClN4O2. The number of hydrogen-bond acceptors (Lipinski definition) is 5. The van der Waals surface area contributed by atoms with Crippen LogP contribution in [0.4, 0.5) is 5.69 Å². The molecule has 2 N–H and O–H groups in total. The Morgan fingerprint density at radius 1 is 1.11 bits per heavy atom. The first kappa shape index (κ1) is 19.2. The van der Waals surface area contributed by atoms with Gasteiger partial charge in [0.15, 0.2) is 0 Å². The molecule has 2 aromatic carbocycles. The van der Waals surface area contributed by atoms with Crippen molar-refractivity contribution >= 4 is 28.9 Å². The third-order valence-corrected chi connectivity index (χ3v) is 4.92. The summed E-state index contributed by atoms with van der Waals surface area (Å²) in [5.41, 5.74) is 5.33. The van der Waals surface area contributed by atoms with E-state index in [2.05, 4.69) is 39.5 Å². The first-order valence-corrected chi connectivity index (χ1v) is 9.19. The number of carbonyl (C=O) groups excluding carboxylic acids is 1. The van der Waals surface area contributed by atoms with Crippen LogP contribution in [-0.2, 0) is 0 Å². The molecule has 0 spiro atoms. The SMILES string of the molecule is C/C(=N\NC(=O)c1cc(Cl)ccc1O)c1ccc(N2CCN(C)CC2)cc1. The van der Waals surface area contributed by atoms with Gasteiger partial charge in [-0.15, -0.1) is 0 Å². The largest absolute Gasteiger partial charge is 0.507 e. The molecule has 1 saturated heterocycles. The number of rotatable bonds is 4. The number of hydrazone groups is 1. The van der Waals surface area contributed by atoms with E-state index in [1.807, 2.05) is 19.1 Å². The average Bonchev–Trinajstić information content (AvgIpc) is 2.68. The maximum absolute atomic E-state index is 12.2. The highest BCUT2D eigenvalue weighted by Crippen LogP contribution is 2.21. The Kier molecular flexibility index (Phi) is 5.98. The molecule has 2 aromatic rings. The maximum atomic E-state index is 12.2. The zero-order valence-corrected chi connectivity index (χ0v) is 16.2. The summed E-state index contributed by atoms with van der Waals surface area (Å²) in [6.45, 7) is 5.97. The zero-order chi connectivity index (χ0) is 19.4. The quantitative estimate of drug-likeness (QED) is 0.626. The molecule has 142 valence electrons. The van der Waals surface area contributed by atoms with Gasteiger partial charge in [-0.25, -0.2) is 5.43 Å². The minimum Gasteiger partial charge on any atom is -0.507 e. The number of carbonyl (C=O) groups is 1. The second-order valence-electron chi connectivity index (χ2n) is 6.64. The number of amides is 1. The lowest BCUT2D eigenvalue weighted by molar-refractivity contribution is 0.0952. The molecule has 0 bridgehead atoms. The fourth-order valence-electron chi connectivity index (χ4n) is 2.93. The Morgan fingerprint density at radius 3 is 2.44 bits per heavy atom. The molecular weight excluding hydrogens is 364 g/mol. The fourth-order valence-corrected chi connectivity index (χ4v) is 3.10. The molecule has 0 aromatic heterocycles. The van der Waals surface area contributed by atoms with Gasteiger partial charge in [-0.05, 0) is 49.9 Å². The van der Waals surface area contributed by atoms with Crippen LogP contribution in [0, 0.1) is 0 Å². The normalized spacial score (nSPS) is 15.7. The Balaban J connectivity index is 1.65. The molecule has 0 saturated carbocycles. The van der Waals surface area contributed by atoms with Crippen LogP contribution in [0.25, 0.3) is 0 Å². The van der Waals surface area contributed by atoms with Crippen molar-refractivity contribution in [2.24, 2.45) is 5.10 Å². The topological polar surface area (TPSA) is 68.2 Å². The van der Waals surface area contributed by atoms with E-state index in [-0.39, 0.29) is 11.3 Å². The summed E-state index contributed by atoms with van der Waals surface area (Å²) in [4.78, 5) is 16.9. The van der Waals surface area contributed by atoms with Gasteiger partial charge < -0.3 is 14.9 Å². The van der Waals surface area contributed by atoms with Crippen LogP contribution >= 0.6 is 11.6 Å². The van der Waals surface area contributed by atoms with Gasteiger partial charge in [0.05, 0.1) is 11.3 Å². The van der Waals surface area contributed by atoms with Crippen LogP contribution in [0.1, 0.15) is 22.8 Å². The molecule has 1 fully saturated rings. The summed E-state index contributed by atoms with van der Waals surface area (Å²) in [6, 6.07) is 12.4. The molecule has 0 unspecified atom stereocenters. The van der Waals surface area contributed by atoms with Crippen LogP contribution in [0.15, 0.2) is 47.6 Å². The Bertz CT molecular complexity index is 844. The molecule has 1 aliphatic heterocycles. The smallest absolute Gasteiger partial charge is 0.275 e. The minimum atomic E-state index is -0.511. The molecule has 1 heterocycles. The van der Waals surface area contributed by atoms with Gasteiger partial charge >= 0.3 is 0 Å². The number of hydrogen-bond donors (Lipinski definition) is 2. The molecule has 6 nitrogen and oxygen atoms in total. The Morgan fingerprint density at radius 2 is 1.78 bits per heavy atom. The highest BCUT2D eigenvalue weighted by molar-refractivity contribution is 6.31. The zero-order valence-electron chi connectivity index (χ0n) is 15.4. The number of nitrogens with one attached hydrogen (secondary N) is 1. The molecule has 0 aliphatic carbocycles. The van der Waals surface area contributed by atoms with E-state index in [0.29, 0.717) is 10.7 Å². The van der Waals surface area contributed by atoms with E-state index in [1.54, 1.807) is 0 Å². The number of aromatic hydroxyl groups is 1. The monoisotopic (exact) mass is 386 g/mol. The molecule has 7 heteroatoms. The second kappa shape index (κ2) is 8.41. The van der Waals surface area contributed by atoms with Crippen molar-refractivity contribution in [2.75, 3.05) is 38.1 Å². The summed E-state index contributed by atoms with van der Waals surface area (Å²) in [5.74, 6) is -0.648. The van der Waals surface area contributed by atoms with Crippen molar-refractivity contribution in [3.05, 3.63) is 58.6 Å². The van der Waals surface area contributed by atoms with Crippen LogP contribution in [0.3, 0.4) is 0 Å². The predicted molar refractivity (Wildman–Crippen MR) is 109 cm³/mol. The lowest BCUT2D eigenvalue weighted by atomic mass is 10.1. The summed E-state index contributed by atoms with van der Waals surface area (Å²) >= 11 is 5.87. The van der Waals surface area contributed by atoms with E-state index in [9.17, 15) is 9.90 Å². The standard InChI is InChI=1S/C20H23ClN4O2/c1-14(22-23-20(27)18-13-16(21)5-8-19(18)26)15-3-6-17(7-4-15)25-11-9-24(2)10-12-25/h3-8,13,26H,9-12H2,1-2H3,(H,23,27)/b22-14+. The highest BCUT2D eigenvalue weighted by Gasteiger charge is 2.14. The second-order valence-corrected chi connectivity index (χ2v) is 7.07. The van der Waals surface area contributed by atoms with E-state index in [1.165, 1.54) is 23.9 Å². The van der Waals surface area contributed by atoms with Gasteiger partial charge in [0.25, 0.3) is 5.91 Å². The summed E-state index contributed by atoms with van der Waals surface area (Å²) in [7, 11) is 2.14. The predicted octanol–water partition coefficient (Wildman–Crippen LogP) is 2.95. The number of phenols is 1. The highest BCUT2D eigenvalue weighted by atomic mass is 35.5. The van der Waals surface area contributed by atoms with Crippen molar-refractivity contribution in [2.45, 2.75) is 6.92 Å². The van der Waals surface area contributed by atoms with Crippen molar-refractivity contribution in [3.8, 4) is 5.75 Å². The first-order valence-electron chi connectivity index (χ1n) is 8.81. The Hall–Kier alpha value is -2.57. The van der Waals surface area contributed by atoms with Crippen LogP contribution in [-0.4, -0.2) is 54.9 Å². The molecule has 0 radical (unpaired) electrons. The number of likely N-dealkylation sites (N-methyl/N-ethyl adjacent to an activating group) is 1. The lowest BCUT2D eigenvalue weighted by Gasteiger charge is -2.34. The molecule has 3 rings (SSSR count). The number of benzene rings is 2. The molecule has 0 atom stereocenters. The molecule has 1 aliphatic rings. The summed E-state index contributed by atoms with van der Waals surface area (Å²) in [6.07, 6.45) is 0. The van der Waals surface area contributed by atoms with Crippen molar-refractivity contribution in [1.82, 2.24) is 10.3 Å². The third-order valence-electron chi connectivity index (χ3n) is 4.68. The van der Waals surface area contributed by atoms with Gasteiger partial charge in [-0.3, -0.25) is 4.79 Å². The average molecular weight is 387 g/mol. The van der Waals surface area contributed by atoms with E-state index in [4.69, 9.17) is 11.6 Å². The maximum Gasteiger partial charge on any atom is 0.275 e. The Labute approximate surface area is 164 Å². The van der Waals surface area contributed by atoms with Gasteiger partial charge in [-0.1, -0.05) is 23.7 Å². The van der Waals surface area contributed by atoms with Gasteiger partial charge in [0.1, 0.15) is 5.75 Å². The van der Waals surface area contributed by atoms with Crippen molar-refractivity contribution in [1.29, 1.82) is 0 Å². The van der Waals surface area contributed by atoms with E-state index >= 15 is 0 Å². The summed E-state index contributed by atoms with van der Waals surface area (Å²) < 4.78 is 0. The lowest BCUT2D eigenvalue weighted by Crippen LogP contribution is -2.44. The summed E-state index contributed by atoms with van der Waals surface area (Å²) in [5, 5.41) is 14.3. The van der Waals surface area contributed by atoms with Crippen LogP contribution in [0.2, 0.25) is 5.02 Å². The van der Waals surface area contributed by atoms with Gasteiger partial charge in [0.2, 0.25) is 0 Å². The first-order chi connectivity index (χ1) is 12.9. The molecule has 27 heavy (non-hydrogen) atoms. The molecule has 1 amide bonds. The number of anilines is 1. The fraction of sp³-hybridized carbons (Fsp3) is 0.300. The third kappa shape index (κ3) is 4.78. The number of nitrogens with zero attached hydrogens (tertiary/aromatic N) is 3. The minimum absolute atomic E-state index is 0.0875. The van der Waals surface area contributed by atoms with Gasteiger partial charge in [0, 0.05) is 36.9 Å². The van der Waals surface area contributed by atoms with Crippen molar-refractivity contribution in [3.63, 3.8) is 0 Å². The number of piperazine rings is 1. The van der Waals surface area contributed by atoms with E-state index < -0.39 is 5.91 Å². The van der Waals surface area contributed by atoms with Crippen LogP contribution in [0.5, 0.6) is 5.75 Å². The number of phenolic OH excluding ortho intramolecular Hbond substituents is 1. The van der Waals surface area contributed by atoms with Crippen LogP contribution < -0.4 is 10.3 Å². The van der Waals surface area contributed by atoms with Crippen molar-refractivity contribution < 1.29 is 9.90 Å².